The first kappa shape index (κ1) is 21.0. The Balaban J connectivity index is 1.53. The molecular weight excluding hydrogens is 439 g/mol. The van der Waals surface area contributed by atoms with E-state index in [4.69, 9.17) is 10.4 Å². The van der Waals surface area contributed by atoms with E-state index in [0.717, 1.165) is 0 Å². The lowest BCUT2D eigenvalue weighted by Crippen LogP contribution is -2.16. The zero-order valence-corrected chi connectivity index (χ0v) is 17.6. The molecule has 0 atom stereocenters. The molecule has 2 aromatic heterocycles. The molecule has 9 nitrogen and oxygen atoms in total. The second-order valence-corrected chi connectivity index (χ2v) is 7.45. The van der Waals surface area contributed by atoms with E-state index in [0.29, 0.717) is 22.3 Å². The monoisotopic (exact) mass is 456 g/mol. The number of carbonyl (C=O) groups excluding carboxylic acids is 2. The quantitative estimate of drug-likeness (QED) is 0.292. The third-order valence-corrected chi connectivity index (χ3v) is 5.24. The molecule has 0 aliphatic carbocycles. The van der Waals surface area contributed by atoms with Crippen LogP contribution in [-0.4, -0.2) is 31.6 Å². The van der Waals surface area contributed by atoms with Crippen molar-refractivity contribution in [2.24, 2.45) is 0 Å². The van der Waals surface area contributed by atoms with E-state index in [1.54, 1.807) is 41.0 Å². The minimum Gasteiger partial charge on any atom is -0.399 e. The number of aromatic nitrogens is 4. The lowest BCUT2D eigenvalue weighted by molar-refractivity contribution is 0.0972. The van der Waals surface area contributed by atoms with Crippen LogP contribution in [0.1, 0.15) is 20.7 Å². The Morgan fingerprint density at radius 3 is 2.50 bits per heavy atom. The third kappa shape index (κ3) is 3.88. The number of rotatable bonds is 6. The van der Waals surface area contributed by atoms with Crippen LogP contribution in [0.25, 0.3) is 22.6 Å². The topological polar surface area (TPSA) is 129 Å². The predicted octanol–water partition coefficient (Wildman–Crippen LogP) is 3.94. The standard InChI is InChI=1S/C24H17FN6O3/c25-17-6-2-1-5-16(17)24(33)28-22-21(29-34-30-22)23-27-18-7-3-4-8-19(18)31(23)13-20(32)14-9-11-15(26)12-10-14/h1-12H,13,26H2,(H,28,30,33). The van der Waals surface area contributed by atoms with E-state index in [9.17, 15) is 14.0 Å². The summed E-state index contributed by atoms with van der Waals surface area (Å²) in [4.78, 5) is 30.2. The highest BCUT2D eigenvalue weighted by Crippen LogP contribution is 2.29. The number of amides is 1. The van der Waals surface area contributed by atoms with Gasteiger partial charge in [-0.15, -0.1) is 0 Å². The number of nitrogens with two attached hydrogens (primary N) is 1. The molecule has 3 N–H and O–H groups in total. The summed E-state index contributed by atoms with van der Waals surface area (Å²) in [5.41, 5.74) is 7.97. The number of benzene rings is 3. The van der Waals surface area contributed by atoms with Crippen LogP contribution in [0.4, 0.5) is 15.9 Å². The maximum Gasteiger partial charge on any atom is 0.259 e. The van der Waals surface area contributed by atoms with Gasteiger partial charge in [-0.2, -0.15) is 0 Å². The summed E-state index contributed by atoms with van der Waals surface area (Å²) in [7, 11) is 0. The smallest absolute Gasteiger partial charge is 0.259 e. The van der Waals surface area contributed by atoms with E-state index in [1.165, 1.54) is 18.2 Å². The summed E-state index contributed by atoms with van der Waals surface area (Å²) in [5, 5.41) is 10.2. The summed E-state index contributed by atoms with van der Waals surface area (Å²) < 4.78 is 20.6. The van der Waals surface area contributed by atoms with Crippen LogP contribution in [0.2, 0.25) is 0 Å². The Labute approximate surface area is 192 Å². The number of anilines is 2. The number of halogens is 1. The number of imidazole rings is 1. The molecule has 3 aromatic carbocycles. The van der Waals surface area contributed by atoms with Gasteiger partial charge < -0.3 is 15.6 Å². The highest BCUT2D eigenvalue weighted by molar-refractivity contribution is 6.05. The predicted molar refractivity (Wildman–Crippen MR) is 123 cm³/mol. The fourth-order valence-electron chi connectivity index (χ4n) is 3.56. The number of hydrogen-bond acceptors (Lipinski definition) is 7. The third-order valence-electron chi connectivity index (χ3n) is 5.24. The van der Waals surface area contributed by atoms with Crippen molar-refractivity contribution < 1.29 is 18.6 Å². The summed E-state index contributed by atoms with van der Waals surface area (Å²) >= 11 is 0. The molecule has 34 heavy (non-hydrogen) atoms. The zero-order valence-electron chi connectivity index (χ0n) is 17.6. The second-order valence-electron chi connectivity index (χ2n) is 7.45. The van der Waals surface area contributed by atoms with E-state index in [1.807, 2.05) is 18.2 Å². The zero-order chi connectivity index (χ0) is 23.7. The van der Waals surface area contributed by atoms with Crippen molar-refractivity contribution in [1.29, 1.82) is 0 Å². The lowest BCUT2D eigenvalue weighted by Gasteiger charge is -2.09. The first-order chi connectivity index (χ1) is 16.5. The lowest BCUT2D eigenvalue weighted by atomic mass is 10.1. The van der Waals surface area contributed by atoms with E-state index >= 15 is 0 Å². The first-order valence-electron chi connectivity index (χ1n) is 10.2. The van der Waals surface area contributed by atoms with Crippen LogP contribution in [0.15, 0.2) is 77.4 Å². The van der Waals surface area contributed by atoms with Crippen LogP contribution < -0.4 is 11.1 Å². The summed E-state index contributed by atoms with van der Waals surface area (Å²) in [6.07, 6.45) is 0. The average molecular weight is 456 g/mol. The van der Waals surface area contributed by atoms with Gasteiger partial charge in [-0.05, 0) is 58.8 Å². The Kier molecular flexibility index (Phi) is 5.30. The van der Waals surface area contributed by atoms with Crippen LogP contribution in [0, 0.1) is 5.82 Å². The van der Waals surface area contributed by atoms with Crippen molar-refractivity contribution in [2.75, 3.05) is 11.1 Å². The molecule has 0 bridgehead atoms. The van der Waals surface area contributed by atoms with Gasteiger partial charge in [0.2, 0.25) is 5.82 Å². The van der Waals surface area contributed by atoms with Gasteiger partial charge in [-0.3, -0.25) is 9.59 Å². The normalized spacial score (nSPS) is 11.0. The van der Waals surface area contributed by atoms with Crippen molar-refractivity contribution in [2.45, 2.75) is 6.54 Å². The average Bonchev–Trinajstić information content (AvgIpc) is 3.44. The molecule has 0 aliphatic rings. The maximum absolute atomic E-state index is 14.0. The molecule has 0 unspecified atom stereocenters. The van der Waals surface area contributed by atoms with Gasteiger partial charge in [0.25, 0.3) is 5.91 Å². The highest BCUT2D eigenvalue weighted by Gasteiger charge is 2.24. The van der Waals surface area contributed by atoms with Gasteiger partial charge >= 0.3 is 0 Å². The van der Waals surface area contributed by atoms with Crippen molar-refractivity contribution in [3.8, 4) is 11.5 Å². The molecule has 0 radical (unpaired) electrons. The molecule has 0 spiro atoms. The fraction of sp³-hybridized carbons (Fsp3) is 0.0417. The molecule has 1 amide bonds. The van der Waals surface area contributed by atoms with E-state index in [2.05, 4.69) is 20.6 Å². The maximum atomic E-state index is 14.0. The van der Waals surface area contributed by atoms with Gasteiger partial charge in [-0.25, -0.2) is 14.0 Å². The Hall–Kier alpha value is -4.86. The van der Waals surface area contributed by atoms with Gasteiger partial charge in [0.15, 0.2) is 17.3 Å². The molecule has 168 valence electrons. The largest absolute Gasteiger partial charge is 0.399 e. The first-order valence-corrected chi connectivity index (χ1v) is 10.2. The van der Waals surface area contributed by atoms with Crippen molar-refractivity contribution in [3.63, 3.8) is 0 Å². The van der Waals surface area contributed by atoms with Crippen molar-refractivity contribution >= 4 is 34.2 Å². The molecule has 2 heterocycles. The van der Waals surface area contributed by atoms with Crippen LogP contribution in [0.5, 0.6) is 0 Å². The number of carbonyl (C=O) groups is 2. The highest BCUT2D eigenvalue weighted by atomic mass is 19.1. The Morgan fingerprint density at radius 2 is 1.71 bits per heavy atom. The molecule has 0 fully saturated rings. The second kappa shape index (κ2) is 8.58. The number of Topliss-reactive ketones (excluding diaryl/α,β-unsaturated/α-hetero) is 1. The number of para-hydroxylation sites is 2. The van der Waals surface area contributed by atoms with Crippen LogP contribution in [-0.2, 0) is 6.54 Å². The van der Waals surface area contributed by atoms with Crippen molar-refractivity contribution in [3.05, 3.63) is 89.7 Å². The number of nitrogens with one attached hydrogen (secondary N) is 1. The summed E-state index contributed by atoms with van der Waals surface area (Å²) in [6, 6.07) is 19.4. The minimum atomic E-state index is -0.726. The summed E-state index contributed by atoms with van der Waals surface area (Å²) in [6.45, 7) is -0.0622. The Morgan fingerprint density at radius 1 is 0.971 bits per heavy atom. The SMILES string of the molecule is Nc1ccc(C(=O)Cn2c(-c3nonc3NC(=O)c3ccccc3F)nc3ccccc32)cc1. The number of fused-ring (bicyclic) bond motifs is 1. The molecule has 0 aliphatic heterocycles. The number of ketones is 1. The minimum absolute atomic E-state index is 0.0512. The molecule has 10 heteroatoms. The van der Waals surface area contributed by atoms with E-state index in [-0.39, 0.29) is 35.2 Å². The van der Waals surface area contributed by atoms with Crippen LogP contribution in [0.3, 0.4) is 0 Å². The molecular formula is C24H17FN6O3. The van der Waals surface area contributed by atoms with Gasteiger partial charge in [0.1, 0.15) is 5.82 Å². The molecule has 0 saturated heterocycles. The van der Waals surface area contributed by atoms with Gasteiger partial charge in [0, 0.05) is 11.3 Å². The number of hydrogen-bond donors (Lipinski definition) is 2. The van der Waals surface area contributed by atoms with Gasteiger partial charge in [-0.1, -0.05) is 24.3 Å². The molecule has 5 aromatic rings. The van der Waals surface area contributed by atoms with Crippen LogP contribution >= 0.6 is 0 Å². The Bertz CT molecular complexity index is 1520. The molecule has 0 saturated carbocycles. The van der Waals surface area contributed by atoms with E-state index < -0.39 is 11.7 Å². The van der Waals surface area contributed by atoms with Gasteiger partial charge in [0.05, 0.1) is 23.1 Å². The van der Waals surface area contributed by atoms with Crippen molar-refractivity contribution in [1.82, 2.24) is 19.9 Å². The number of nitrogen functional groups attached to an aromatic ring is 1. The number of nitrogens with zero attached hydrogens (tertiary/aromatic N) is 4. The fourth-order valence-corrected chi connectivity index (χ4v) is 3.56. The molecule has 5 rings (SSSR count). The summed E-state index contributed by atoms with van der Waals surface area (Å²) in [5.74, 6) is -1.38.